The second kappa shape index (κ2) is 11.3. The molecule has 0 unspecified atom stereocenters. The van der Waals surface area contributed by atoms with Crippen LogP contribution in [-0.4, -0.2) is 38.1 Å². The minimum atomic E-state index is -0.797. The molecule has 180 valence electrons. The first-order valence-electron chi connectivity index (χ1n) is 9.87. The van der Waals surface area contributed by atoms with Gasteiger partial charge < -0.3 is 10.6 Å². The van der Waals surface area contributed by atoms with E-state index in [9.17, 15) is 45.3 Å². The molecule has 2 rings (SSSR count). The number of nitrogens with one attached hydrogen (secondary N) is 2. The molecule has 34 heavy (non-hydrogen) atoms. The molecule has 0 aliphatic carbocycles. The number of hydrogen-bond acceptors (Lipinski definition) is 11. The van der Waals surface area contributed by atoms with E-state index in [-0.39, 0.29) is 30.1 Å². The van der Waals surface area contributed by atoms with E-state index in [2.05, 4.69) is 10.6 Å². The molecule has 0 aromatic heterocycles. The van der Waals surface area contributed by atoms with E-state index in [1.165, 1.54) is 19.1 Å². The number of unbranched alkanes of at least 4 members (excludes halogenated alkanes) is 1. The summed E-state index contributed by atoms with van der Waals surface area (Å²) in [6, 6.07) is 5.51. The van der Waals surface area contributed by atoms with Crippen LogP contribution in [0, 0.1) is 40.5 Å². The lowest BCUT2D eigenvalue weighted by Gasteiger charge is -2.17. The van der Waals surface area contributed by atoms with Gasteiger partial charge in [-0.1, -0.05) is 0 Å². The summed E-state index contributed by atoms with van der Waals surface area (Å²) in [5, 5.41) is 49.7. The fourth-order valence-corrected chi connectivity index (χ4v) is 3.10. The molecule has 1 atom stereocenters. The largest absolute Gasteiger partial charge is 0.379 e. The van der Waals surface area contributed by atoms with E-state index >= 15 is 0 Å². The minimum absolute atomic E-state index is 0.0320. The standard InChI is InChI=1S/C19H20N6O9/c1-12(26)15(21-17-8-6-14(23(29)30)11-19(17)25(33)34)4-2-3-9-20-16-7-5-13(22(27)28)10-18(16)24(31)32/h5-8,10-11,15,20-21H,2-4,9H2,1H3/t15-/m0/s1. The van der Waals surface area contributed by atoms with Crippen LogP contribution in [0.3, 0.4) is 0 Å². The number of nitro benzene ring substituents is 4. The molecule has 2 aromatic rings. The number of hydrogen-bond donors (Lipinski definition) is 2. The number of anilines is 2. The second-order valence-corrected chi connectivity index (χ2v) is 7.16. The van der Waals surface area contributed by atoms with Crippen LogP contribution in [0.2, 0.25) is 0 Å². The molecule has 0 fully saturated rings. The number of carbonyl (C=O) groups is 1. The Morgan fingerprint density at radius 2 is 1.29 bits per heavy atom. The Morgan fingerprint density at radius 3 is 1.76 bits per heavy atom. The second-order valence-electron chi connectivity index (χ2n) is 7.16. The SMILES string of the molecule is CC(=O)[C@H](CCCCNc1ccc([N+](=O)[O-])cc1[N+](=O)[O-])Nc1ccc([N+](=O)[O-])cc1[N+](=O)[O-]. The zero-order chi connectivity index (χ0) is 25.4. The van der Waals surface area contributed by atoms with E-state index in [0.717, 1.165) is 24.3 Å². The van der Waals surface area contributed by atoms with E-state index in [1.807, 2.05) is 0 Å². The van der Waals surface area contributed by atoms with Crippen molar-refractivity contribution in [1.29, 1.82) is 0 Å². The summed E-state index contributed by atoms with van der Waals surface area (Å²) in [5.41, 5.74) is -1.76. The van der Waals surface area contributed by atoms with Gasteiger partial charge in [0.1, 0.15) is 11.4 Å². The van der Waals surface area contributed by atoms with Gasteiger partial charge in [-0.2, -0.15) is 0 Å². The highest BCUT2D eigenvalue weighted by Gasteiger charge is 2.23. The molecule has 0 spiro atoms. The van der Waals surface area contributed by atoms with Gasteiger partial charge in [-0.15, -0.1) is 0 Å². The first kappa shape index (κ1) is 25.6. The molecule has 0 saturated carbocycles. The summed E-state index contributed by atoms with van der Waals surface area (Å²) < 4.78 is 0. The van der Waals surface area contributed by atoms with Gasteiger partial charge in [-0.25, -0.2) is 0 Å². The lowest BCUT2D eigenvalue weighted by Crippen LogP contribution is -2.28. The van der Waals surface area contributed by atoms with E-state index < -0.39 is 48.5 Å². The van der Waals surface area contributed by atoms with Gasteiger partial charge >= 0.3 is 0 Å². The third-order valence-corrected chi connectivity index (χ3v) is 4.83. The topological polar surface area (TPSA) is 214 Å². The van der Waals surface area contributed by atoms with Crippen LogP contribution >= 0.6 is 0 Å². The molecule has 15 heteroatoms. The fraction of sp³-hybridized carbons (Fsp3) is 0.316. The highest BCUT2D eigenvalue weighted by molar-refractivity contribution is 5.85. The third-order valence-electron chi connectivity index (χ3n) is 4.83. The van der Waals surface area contributed by atoms with Crippen molar-refractivity contribution >= 4 is 39.9 Å². The highest BCUT2D eigenvalue weighted by Crippen LogP contribution is 2.31. The maximum atomic E-state index is 12.0. The van der Waals surface area contributed by atoms with Crippen molar-refractivity contribution in [3.05, 3.63) is 76.9 Å². The summed E-state index contributed by atoms with van der Waals surface area (Å²) in [4.78, 5) is 53.1. The zero-order valence-corrected chi connectivity index (χ0v) is 17.8. The van der Waals surface area contributed by atoms with Crippen molar-refractivity contribution in [2.75, 3.05) is 17.2 Å². The molecule has 0 radical (unpaired) electrons. The van der Waals surface area contributed by atoms with Crippen LogP contribution in [0.1, 0.15) is 26.2 Å². The van der Waals surface area contributed by atoms with Crippen LogP contribution < -0.4 is 10.6 Å². The van der Waals surface area contributed by atoms with Crippen molar-refractivity contribution < 1.29 is 24.5 Å². The van der Waals surface area contributed by atoms with E-state index in [0.29, 0.717) is 12.8 Å². The van der Waals surface area contributed by atoms with E-state index in [1.54, 1.807) is 0 Å². The summed E-state index contributed by atoms with van der Waals surface area (Å²) in [6.45, 7) is 1.56. The number of non-ortho nitro benzene ring substituents is 2. The van der Waals surface area contributed by atoms with Gasteiger partial charge in [0, 0.05) is 18.7 Å². The molecule has 0 saturated heterocycles. The first-order valence-corrected chi connectivity index (χ1v) is 9.87. The summed E-state index contributed by atoms with van der Waals surface area (Å²) in [7, 11) is 0. The molecule has 0 aliphatic heterocycles. The maximum absolute atomic E-state index is 12.0. The molecule has 15 nitrogen and oxygen atoms in total. The van der Waals surface area contributed by atoms with Gasteiger partial charge in [-0.3, -0.25) is 45.3 Å². The van der Waals surface area contributed by atoms with Crippen LogP contribution in [0.5, 0.6) is 0 Å². The van der Waals surface area contributed by atoms with Crippen molar-refractivity contribution in [2.45, 2.75) is 32.2 Å². The zero-order valence-electron chi connectivity index (χ0n) is 17.8. The predicted molar refractivity (Wildman–Crippen MR) is 120 cm³/mol. The number of ketones is 1. The van der Waals surface area contributed by atoms with E-state index in [4.69, 9.17) is 0 Å². The molecule has 0 aliphatic rings. The normalized spacial score (nSPS) is 11.3. The van der Waals surface area contributed by atoms with Gasteiger partial charge in [0.2, 0.25) is 0 Å². The quantitative estimate of drug-likeness (QED) is 0.239. The Balaban J connectivity index is 1.99. The molecule has 0 bridgehead atoms. The Labute approximate surface area is 191 Å². The van der Waals surface area contributed by atoms with Crippen LogP contribution in [0.15, 0.2) is 36.4 Å². The summed E-state index contributed by atoms with van der Waals surface area (Å²) in [5.74, 6) is -0.299. The van der Waals surface area contributed by atoms with Gasteiger partial charge in [0.05, 0.1) is 37.9 Å². The molecular weight excluding hydrogens is 456 g/mol. The number of rotatable bonds is 13. The van der Waals surface area contributed by atoms with Gasteiger partial charge in [-0.05, 0) is 38.3 Å². The smallest absolute Gasteiger partial charge is 0.299 e. The molecule has 0 heterocycles. The monoisotopic (exact) mass is 476 g/mol. The van der Waals surface area contributed by atoms with Crippen LogP contribution in [0.4, 0.5) is 34.1 Å². The van der Waals surface area contributed by atoms with Crippen molar-refractivity contribution in [2.24, 2.45) is 0 Å². The Hall–Kier alpha value is -4.69. The lowest BCUT2D eigenvalue weighted by atomic mass is 10.1. The Morgan fingerprint density at radius 1 is 0.794 bits per heavy atom. The number of carbonyl (C=O) groups excluding carboxylic acids is 1. The Kier molecular flexibility index (Phi) is 8.47. The number of benzene rings is 2. The molecule has 0 amide bonds. The predicted octanol–water partition coefficient (Wildman–Crippen LogP) is 3.97. The highest BCUT2D eigenvalue weighted by atomic mass is 16.6. The fourth-order valence-electron chi connectivity index (χ4n) is 3.10. The molecule has 2 aromatic carbocycles. The number of nitrogens with zero attached hydrogens (tertiary/aromatic N) is 4. The molecular formula is C19H20N6O9. The minimum Gasteiger partial charge on any atom is -0.379 e. The van der Waals surface area contributed by atoms with Gasteiger partial charge in [0.25, 0.3) is 22.7 Å². The average Bonchev–Trinajstić information content (AvgIpc) is 2.77. The van der Waals surface area contributed by atoms with Gasteiger partial charge in [0.15, 0.2) is 5.78 Å². The maximum Gasteiger partial charge on any atom is 0.299 e. The van der Waals surface area contributed by atoms with Crippen LogP contribution in [-0.2, 0) is 4.79 Å². The lowest BCUT2D eigenvalue weighted by molar-refractivity contribution is -0.393. The number of nitro groups is 4. The number of Topliss-reactive ketones (excluding diaryl/α,β-unsaturated/α-hetero) is 1. The summed E-state index contributed by atoms with van der Waals surface area (Å²) >= 11 is 0. The molecule has 2 N–H and O–H groups in total. The third kappa shape index (κ3) is 6.65. The summed E-state index contributed by atoms with van der Waals surface area (Å²) in [6.07, 6.45) is 1.18. The van der Waals surface area contributed by atoms with Crippen molar-refractivity contribution in [1.82, 2.24) is 0 Å². The van der Waals surface area contributed by atoms with Crippen molar-refractivity contribution in [3.8, 4) is 0 Å². The van der Waals surface area contributed by atoms with Crippen molar-refractivity contribution in [3.63, 3.8) is 0 Å². The van der Waals surface area contributed by atoms with Crippen LogP contribution in [0.25, 0.3) is 0 Å². The Bertz CT molecular complexity index is 1140. The average molecular weight is 476 g/mol. The first-order chi connectivity index (χ1) is 16.0.